The fourth-order valence-electron chi connectivity index (χ4n) is 1.54. The Morgan fingerprint density at radius 2 is 2.33 bits per heavy atom. The summed E-state index contributed by atoms with van der Waals surface area (Å²) in [5.74, 6) is 0. The third-order valence-electron chi connectivity index (χ3n) is 2.10. The average molecular weight is 179 g/mol. The molecule has 0 atom stereocenters. The number of rotatable bonds is 1. The van der Waals surface area contributed by atoms with Gasteiger partial charge in [-0.1, -0.05) is 12.1 Å². The monoisotopic (exact) mass is 179 g/mol. The Hall–Kier alpha value is -0.960. The van der Waals surface area contributed by atoms with Crippen molar-refractivity contribution in [1.29, 1.82) is 0 Å². The van der Waals surface area contributed by atoms with E-state index in [4.69, 9.17) is 0 Å². The van der Waals surface area contributed by atoms with E-state index >= 15 is 0 Å². The topological polar surface area (TPSA) is 29.1 Å². The lowest BCUT2D eigenvalue weighted by molar-refractivity contribution is 0.109. The van der Waals surface area contributed by atoms with Crippen molar-refractivity contribution in [3.63, 3.8) is 0 Å². The van der Waals surface area contributed by atoms with Crippen molar-refractivity contribution in [2.75, 3.05) is 11.9 Å². The van der Waals surface area contributed by atoms with Crippen LogP contribution in [0.5, 0.6) is 0 Å². The maximum Gasteiger partial charge on any atom is 0.216 e. The molecule has 1 N–H and O–H groups in total. The highest BCUT2D eigenvalue weighted by molar-refractivity contribution is 7.97. The number of carbonyl (C=O) groups excluding carboxylic acids is 1. The second-order valence-electron chi connectivity index (χ2n) is 2.81. The lowest BCUT2D eigenvalue weighted by Crippen LogP contribution is -1.94. The molecule has 0 saturated heterocycles. The SMILES string of the molecule is O=C(S)c1cccc2c1CCN2. The molecule has 0 aromatic heterocycles. The Morgan fingerprint density at radius 1 is 1.50 bits per heavy atom. The minimum atomic E-state index is -0.143. The van der Waals surface area contributed by atoms with E-state index < -0.39 is 0 Å². The van der Waals surface area contributed by atoms with E-state index in [0.717, 1.165) is 29.8 Å². The van der Waals surface area contributed by atoms with E-state index in [1.807, 2.05) is 18.2 Å². The number of fused-ring (bicyclic) bond motifs is 1. The summed E-state index contributed by atoms with van der Waals surface area (Å²) in [5.41, 5.74) is 2.92. The molecule has 0 amide bonds. The van der Waals surface area contributed by atoms with Crippen LogP contribution in [-0.4, -0.2) is 11.7 Å². The smallest absolute Gasteiger partial charge is 0.216 e. The minimum Gasteiger partial charge on any atom is -0.384 e. The van der Waals surface area contributed by atoms with Gasteiger partial charge in [0.2, 0.25) is 5.12 Å². The Morgan fingerprint density at radius 3 is 3.08 bits per heavy atom. The molecule has 1 aliphatic heterocycles. The number of benzene rings is 1. The second kappa shape index (κ2) is 2.83. The van der Waals surface area contributed by atoms with Crippen molar-refractivity contribution >= 4 is 23.4 Å². The zero-order valence-corrected chi connectivity index (χ0v) is 7.40. The second-order valence-corrected chi connectivity index (χ2v) is 3.22. The van der Waals surface area contributed by atoms with Gasteiger partial charge in [0.1, 0.15) is 0 Å². The fourth-order valence-corrected chi connectivity index (χ4v) is 1.75. The van der Waals surface area contributed by atoms with E-state index in [-0.39, 0.29) is 5.12 Å². The predicted molar refractivity (Wildman–Crippen MR) is 52.0 cm³/mol. The summed E-state index contributed by atoms with van der Waals surface area (Å²) < 4.78 is 0. The van der Waals surface area contributed by atoms with Crippen LogP contribution in [-0.2, 0) is 6.42 Å². The molecule has 12 heavy (non-hydrogen) atoms. The van der Waals surface area contributed by atoms with E-state index in [1.165, 1.54) is 0 Å². The first kappa shape index (κ1) is 7.68. The normalized spacial score (nSPS) is 13.8. The van der Waals surface area contributed by atoms with Crippen LogP contribution in [0.15, 0.2) is 18.2 Å². The summed E-state index contributed by atoms with van der Waals surface area (Å²) in [6.45, 7) is 0.924. The van der Waals surface area contributed by atoms with Gasteiger partial charge in [-0.3, -0.25) is 4.79 Å². The van der Waals surface area contributed by atoms with E-state index in [1.54, 1.807) is 0 Å². The van der Waals surface area contributed by atoms with Crippen LogP contribution in [0.25, 0.3) is 0 Å². The summed E-state index contributed by atoms with van der Waals surface area (Å²) in [5, 5.41) is 3.07. The lowest BCUT2D eigenvalue weighted by Gasteiger charge is -2.02. The summed E-state index contributed by atoms with van der Waals surface area (Å²) in [6, 6.07) is 5.68. The highest BCUT2D eigenvalue weighted by atomic mass is 32.1. The number of hydrogen-bond donors (Lipinski definition) is 2. The van der Waals surface area contributed by atoms with Crippen molar-refractivity contribution < 1.29 is 4.79 Å². The third-order valence-corrected chi connectivity index (χ3v) is 2.34. The van der Waals surface area contributed by atoms with Gasteiger partial charge in [0, 0.05) is 17.8 Å². The molecule has 3 heteroatoms. The molecule has 1 aromatic carbocycles. The molecular formula is C9H9NOS. The quantitative estimate of drug-likeness (QED) is 0.643. The molecule has 0 radical (unpaired) electrons. The van der Waals surface area contributed by atoms with Crippen molar-refractivity contribution in [2.24, 2.45) is 0 Å². The Kier molecular flexibility index (Phi) is 1.81. The van der Waals surface area contributed by atoms with E-state index in [9.17, 15) is 4.79 Å². The van der Waals surface area contributed by atoms with Crippen molar-refractivity contribution in [2.45, 2.75) is 6.42 Å². The Balaban J connectivity index is 2.56. The molecule has 1 aromatic rings. The molecule has 0 spiro atoms. The van der Waals surface area contributed by atoms with Crippen molar-refractivity contribution in [3.8, 4) is 0 Å². The number of thiol groups is 1. The number of anilines is 1. The lowest BCUT2D eigenvalue weighted by atomic mass is 10.1. The molecule has 62 valence electrons. The van der Waals surface area contributed by atoms with Crippen LogP contribution in [0.4, 0.5) is 5.69 Å². The summed E-state index contributed by atoms with van der Waals surface area (Å²) in [6.07, 6.45) is 0.928. The molecule has 2 rings (SSSR count). The maximum atomic E-state index is 11.0. The van der Waals surface area contributed by atoms with Gasteiger partial charge in [-0.15, -0.1) is 12.6 Å². The van der Waals surface area contributed by atoms with Crippen LogP contribution in [0.1, 0.15) is 15.9 Å². The molecular weight excluding hydrogens is 170 g/mol. The van der Waals surface area contributed by atoms with Crippen molar-refractivity contribution in [3.05, 3.63) is 29.3 Å². The summed E-state index contributed by atoms with van der Waals surface area (Å²) >= 11 is 3.82. The third kappa shape index (κ3) is 1.10. The van der Waals surface area contributed by atoms with E-state index in [2.05, 4.69) is 17.9 Å². The van der Waals surface area contributed by atoms with Crippen LogP contribution < -0.4 is 5.32 Å². The summed E-state index contributed by atoms with van der Waals surface area (Å²) in [7, 11) is 0. The van der Waals surface area contributed by atoms with Crippen LogP contribution >= 0.6 is 12.6 Å². The zero-order valence-electron chi connectivity index (χ0n) is 6.50. The van der Waals surface area contributed by atoms with Gasteiger partial charge >= 0.3 is 0 Å². The first-order chi connectivity index (χ1) is 5.79. The van der Waals surface area contributed by atoms with E-state index in [0.29, 0.717) is 0 Å². The van der Waals surface area contributed by atoms with Crippen molar-refractivity contribution in [1.82, 2.24) is 0 Å². The van der Waals surface area contributed by atoms with Gasteiger partial charge < -0.3 is 5.32 Å². The van der Waals surface area contributed by atoms with Gasteiger partial charge in [0.25, 0.3) is 0 Å². The fraction of sp³-hybridized carbons (Fsp3) is 0.222. The molecule has 0 saturated carbocycles. The first-order valence-electron chi connectivity index (χ1n) is 3.88. The first-order valence-corrected chi connectivity index (χ1v) is 4.33. The average Bonchev–Trinajstić information content (AvgIpc) is 2.49. The zero-order chi connectivity index (χ0) is 8.55. The predicted octanol–water partition coefficient (Wildman–Crippen LogP) is 1.72. The number of nitrogens with one attached hydrogen (secondary N) is 1. The maximum absolute atomic E-state index is 11.0. The highest BCUT2D eigenvalue weighted by Gasteiger charge is 2.15. The highest BCUT2D eigenvalue weighted by Crippen LogP contribution is 2.26. The molecule has 2 nitrogen and oxygen atoms in total. The molecule has 1 aliphatic rings. The Bertz CT molecular complexity index is 335. The van der Waals surface area contributed by atoms with Gasteiger partial charge in [-0.05, 0) is 18.1 Å². The molecule has 0 aliphatic carbocycles. The standard InChI is InChI=1S/C9H9NOS/c11-9(12)7-2-1-3-8-6(7)4-5-10-8/h1-3,10H,4-5H2,(H,11,12). The van der Waals surface area contributed by atoms with Crippen LogP contribution in [0, 0.1) is 0 Å². The molecule has 0 bridgehead atoms. The van der Waals surface area contributed by atoms with Gasteiger partial charge in [-0.25, -0.2) is 0 Å². The molecule has 1 heterocycles. The number of hydrogen-bond acceptors (Lipinski definition) is 2. The van der Waals surface area contributed by atoms with Crippen LogP contribution in [0.2, 0.25) is 0 Å². The summed E-state index contributed by atoms with van der Waals surface area (Å²) in [4.78, 5) is 11.0. The van der Waals surface area contributed by atoms with Gasteiger partial charge in [0.05, 0.1) is 0 Å². The number of carbonyl (C=O) groups is 1. The molecule has 0 unspecified atom stereocenters. The minimum absolute atomic E-state index is 0.143. The van der Waals surface area contributed by atoms with Gasteiger partial charge in [0.15, 0.2) is 0 Å². The van der Waals surface area contributed by atoms with Gasteiger partial charge in [-0.2, -0.15) is 0 Å². The van der Waals surface area contributed by atoms with Crippen LogP contribution in [0.3, 0.4) is 0 Å². The molecule has 0 fully saturated rings. The Labute approximate surface area is 76.4 Å². The largest absolute Gasteiger partial charge is 0.384 e.